The standard InChI is InChI=1S/C14H18N2O/c1-10-4-5-12(17-3)11(8-10)13(16-2)14(9-15)6-7-14/h4-5,8,13,16H,6-7H2,1-3H3. The Kier molecular flexibility index (Phi) is 3.08. The fourth-order valence-corrected chi connectivity index (χ4v) is 2.41. The van der Waals surface area contributed by atoms with E-state index < -0.39 is 0 Å². The highest BCUT2D eigenvalue weighted by Gasteiger charge is 2.50. The minimum atomic E-state index is -0.240. The molecule has 1 aliphatic rings. The highest BCUT2D eigenvalue weighted by molar-refractivity contribution is 5.42. The second-order valence-corrected chi connectivity index (χ2v) is 4.74. The molecule has 0 aliphatic heterocycles. The molecule has 0 radical (unpaired) electrons. The van der Waals surface area contributed by atoms with E-state index in [1.54, 1.807) is 7.11 Å². The van der Waals surface area contributed by atoms with Crippen molar-refractivity contribution in [3.8, 4) is 11.8 Å². The van der Waals surface area contributed by atoms with Gasteiger partial charge in [0.15, 0.2) is 0 Å². The van der Waals surface area contributed by atoms with Crippen LogP contribution in [0, 0.1) is 23.7 Å². The molecule has 3 nitrogen and oxygen atoms in total. The monoisotopic (exact) mass is 230 g/mol. The Labute approximate surface area is 102 Å². The van der Waals surface area contributed by atoms with Crippen LogP contribution in [-0.2, 0) is 0 Å². The van der Waals surface area contributed by atoms with Gasteiger partial charge in [0.25, 0.3) is 0 Å². The van der Waals surface area contributed by atoms with Crippen molar-refractivity contribution in [2.45, 2.75) is 25.8 Å². The normalized spacial score (nSPS) is 18.2. The first-order valence-electron chi connectivity index (χ1n) is 5.90. The third kappa shape index (κ3) is 2.01. The number of hydrogen-bond donors (Lipinski definition) is 1. The first kappa shape index (κ1) is 11.9. The van der Waals surface area contributed by atoms with Gasteiger partial charge in [-0.3, -0.25) is 0 Å². The summed E-state index contributed by atoms with van der Waals surface area (Å²) < 4.78 is 5.40. The predicted molar refractivity (Wildman–Crippen MR) is 66.8 cm³/mol. The number of ether oxygens (including phenoxy) is 1. The zero-order valence-electron chi connectivity index (χ0n) is 10.6. The number of methoxy groups -OCH3 is 1. The minimum absolute atomic E-state index is 0.0577. The second-order valence-electron chi connectivity index (χ2n) is 4.74. The maximum Gasteiger partial charge on any atom is 0.123 e. The molecule has 1 aliphatic carbocycles. The topological polar surface area (TPSA) is 45.0 Å². The van der Waals surface area contributed by atoms with Gasteiger partial charge >= 0.3 is 0 Å². The summed E-state index contributed by atoms with van der Waals surface area (Å²) in [5.74, 6) is 0.858. The molecule has 0 heterocycles. The van der Waals surface area contributed by atoms with Gasteiger partial charge in [0.05, 0.1) is 24.6 Å². The van der Waals surface area contributed by atoms with Gasteiger partial charge in [0.1, 0.15) is 5.75 Å². The van der Waals surface area contributed by atoms with Crippen LogP contribution >= 0.6 is 0 Å². The summed E-state index contributed by atoms with van der Waals surface area (Å²) in [4.78, 5) is 0. The number of benzene rings is 1. The summed E-state index contributed by atoms with van der Waals surface area (Å²) in [5.41, 5.74) is 2.04. The molecular weight excluding hydrogens is 212 g/mol. The molecule has 3 heteroatoms. The van der Waals surface area contributed by atoms with Crippen LogP contribution in [0.4, 0.5) is 0 Å². The van der Waals surface area contributed by atoms with E-state index in [4.69, 9.17) is 4.74 Å². The fourth-order valence-electron chi connectivity index (χ4n) is 2.41. The summed E-state index contributed by atoms with van der Waals surface area (Å²) in [6.07, 6.45) is 1.93. The quantitative estimate of drug-likeness (QED) is 0.864. The van der Waals surface area contributed by atoms with Crippen molar-refractivity contribution in [1.82, 2.24) is 5.32 Å². The number of nitriles is 1. The molecule has 1 atom stereocenters. The molecule has 0 bridgehead atoms. The van der Waals surface area contributed by atoms with Gasteiger partial charge in [-0.2, -0.15) is 5.26 Å². The molecule has 1 N–H and O–H groups in total. The van der Waals surface area contributed by atoms with Crippen LogP contribution in [0.5, 0.6) is 5.75 Å². The third-order valence-electron chi connectivity index (χ3n) is 3.55. The molecule has 90 valence electrons. The number of nitrogens with one attached hydrogen (secondary N) is 1. The summed E-state index contributed by atoms with van der Waals surface area (Å²) in [6.45, 7) is 2.06. The van der Waals surface area contributed by atoms with Crippen LogP contribution < -0.4 is 10.1 Å². The van der Waals surface area contributed by atoms with E-state index in [9.17, 15) is 5.26 Å². The Morgan fingerprint density at radius 1 is 1.47 bits per heavy atom. The summed E-state index contributed by atoms with van der Waals surface area (Å²) in [6, 6.07) is 8.62. The van der Waals surface area contributed by atoms with Gasteiger partial charge in [-0.1, -0.05) is 17.7 Å². The third-order valence-corrected chi connectivity index (χ3v) is 3.55. The van der Waals surface area contributed by atoms with E-state index in [1.165, 1.54) is 5.56 Å². The Hall–Kier alpha value is -1.53. The average molecular weight is 230 g/mol. The van der Waals surface area contributed by atoms with Crippen molar-refractivity contribution in [3.63, 3.8) is 0 Å². The lowest BCUT2D eigenvalue weighted by Crippen LogP contribution is -2.26. The van der Waals surface area contributed by atoms with Crippen molar-refractivity contribution in [1.29, 1.82) is 5.26 Å². The number of rotatable bonds is 4. The van der Waals surface area contributed by atoms with Gasteiger partial charge < -0.3 is 10.1 Å². The molecule has 1 saturated carbocycles. The zero-order chi connectivity index (χ0) is 12.5. The average Bonchev–Trinajstić information content (AvgIpc) is 3.11. The van der Waals surface area contributed by atoms with E-state index in [0.717, 1.165) is 24.2 Å². The van der Waals surface area contributed by atoms with Crippen LogP contribution in [0.15, 0.2) is 18.2 Å². The maximum absolute atomic E-state index is 9.32. The van der Waals surface area contributed by atoms with Crippen LogP contribution in [-0.4, -0.2) is 14.2 Å². The first-order valence-corrected chi connectivity index (χ1v) is 5.90. The lowest BCUT2D eigenvalue weighted by molar-refractivity contribution is 0.381. The van der Waals surface area contributed by atoms with Crippen molar-refractivity contribution < 1.29 is 4.74 Å². The number of nitrogens with zero attached hydrogens (tertiary/aromatic N) is 1. The molecule has 1 unspecified atom stereocenters. The molecule has 0 aromatic heterocycles. The van der Waals surface area contributed by atoms with E-state index >= 15 is 0 Å². The van der Waals surface area contributed by atoms with Crippen molar-refractivity contribution in [2.75, 3.05) is 14.2 Å². The van der Waals surface area contributed by atoms with Crippen LogP contribution in [0.2, 0.25) is 0 Å². The van der Waals surface area contributed by atoms with Crippen molar-refractivity contribution in [2.24, 2.45) is 5.41 Å². The number of aryl methyl sites for hydroxylation is 1. The highest BCUT2D eigenvalue weighted by atomic mass is 16.5. The van der Waals surface area contributed by atoms with Gasteiger partial charge in [-0.25, -0.2) is 0 Å². The molecule has 2 rings (SSSR count). The zero-order valence-corrected chi connectivity index (χ0v) is 10.6. The second kappa shape index (κ2) is 4.38. The van der Waals surface area contributed by atoms with E-state index in [2.05, 4.69) is 24.4 Å². The molecule has 1 fully saturated rings. The number of hydrogen-bond acceptors (Lipinski definition) is 3. The summed E-state index contributed by atoms with van der Waals surface area (Å²) >= 11 is 0. The Morgan fingerprint density at radius 3 is 2.65 bits per heavy atom. The maximum atomic E-state index is 9.32. The SMILES string of the molecule is CNC(c1cc(C)ccc1OC)C1(C#N)CC1. The largest absolute Gasteiger partial charge is 0.496 e. The van der Waals surface area contributed by atoms with Gasteiger partial charge in [0, 0.05) is 5.56 Å². The molecule has 1 aromatic rings. The summed E-state index contributed by atoms with van der Waals surface area (Å²) in [5, 5.41) is 12.6. The molecule has 17 heavy (non-hydrogen) atoms. The van der Waals surface area contributed by atoms with Gasteiger partial charge in [-0.05, 0) is 32.9 Å². The van der Waals surface area contributed by atoms with Gasteiger partial charge in [-0.15, -0.1) is 0 Å². The van der Waals surface area contributed by atoms with Gasteiger partial charge in [0.2, 0.25) is 0 Å². The predicted octanol–water partition coefficient (Wildman–Crippen LogP) is 2.57. The van der Waals surface area contributed by atoms with Crippen molar-refractivity contribution >= 4 is 0 Å². The van der Waals surface area contributed by atoms with Crippen LogP contribution in [0.3, 0.4) is 0 Å². The fraction of sp³-hybridized carbons (Fsp3) is 0.500. The van der Waals surface area contributed by atoms with Crippen LogP contribution in [0.25, 0.3) is 0 Å². The summed E-state index contributed by atoms with van der Waals surface area (Å²) in [7, 11) is 3.58. The Morgan fingerprint density at radius 2 is 2.18 bits per heavy atom. The lowest BCUT2D eigenvalue weighted by atomic mass is 9.90. The van der Waals surface area contributed by atoms with E-state index in [0.29, 0.717) is 0 Å². The van der Waals surface area contributed by atoms with E-state index in [-0.39, 0.29) is 11.5 Å². The molecular formula is C14H18N2O. The first-order chi connectivity index (χ1) is 8.16. The minimum Gasteiger partial charge on any atom is -0.496 e. The molecule has 0 spiro atoms. The Bertz CT molecular complexity index is 458. The smallest absolute Gasteiger partial charge is 0.123 e. The van der Waals surface area contributed by atoms with Crippen molar-refractivity contribution in [3.05, 3.63) is 29.3 Å². The Balaban J connectivity index is 2.44. The lowest BCUT2D eigenvalue weighted by Gasteiger charge is -2.23. The molecule has 1 aromatic carbocycles. The van der Waals surface area contributed by atoms with E-state index in [1.807, 2.05) is 19.2 Å². The van der Waals surface area contributed by atoms with Crippen LogP contribution in [0.1, 0.15) is 30.0 Å². The highest BCUT2D eigenvalue weighted by Crippen LogP contribution is 2.55. The molecule has 0 amide bonds. The molecule has 0 saturated heterocycles.